The molecule has 11 heavy (non-hydrogen) atoms. The average Bonchev–Trinajstić information content (AvgIpc) is 2.04. The highest BCUT2D eigenvalue weighted by atomic mass is 16.3. The molecule has 0 saturated heterocycles. The molecule has 1 aromatic rings. The first kappa shape index (κ1) is 8.17. The van der Waals surface area contributed by atoms with Crippen molar-refractivity contribution in [2.45, 2.75) is 19.6 Å². The number of rotatable bonds is 2. The Bertz CT molecular complexity index is 235. The van der Waals surface area contributed by atoms with Crippen LogP contribution in [0.15, 0.2) is 18.3 Å². The predicted octanol–water partition coefficient (Wildman–Crippen LogP) is 0.594. The Kier molecular flexibility index (Phi) is 2.57. The fourth-order valence-electron chi connectivity index (χ4n) is 0.995. The lowest BCUT2D eigenvalue weighted by molar-refractivity contribution is 0.279. The van der Waals surface area contributed by atoms with Gasteiger partial charge >= 0.3 is 0 Å². The number of hydrogen-bond acceptors (Lipinski definition) is 3. The first-order chi connectivity index (χ1) is 5.25. The monoisotopic (exact) mass is 152 g/mol. The topological polar surface area (TPSA) is 59.1 Å². The van der Waals surface area contributed by atoms with Gasteiger partial charge in [0.15, 0.2) is 0 Å². The van der Waals surface area contributed by atoms with Gasteiger partial charge in [-0.1, -0.05) is 6.07 Å². The molecule has 0 spiro atoms. The summed E-state index contributed by atoms with van der Waals surface area (Å²) in [4.78, 5) is 4.06. The molecule has 1 rings (SSSR count). The standard InChI is InChI=1S/C8H12N2O/c1-6(9)8-7(5-11)3-2-4-10-8/h2-4,6,11H,5,9H2,1H3/t6-/m1/s1. The summed E-state index contributed by atoms with van der Waals surface area (Å²) in [5.41, 5.74) is 7.20. The zero-order valence-corrected chi connectivity index (χ0v) is 6.49. The van der Waals surface area contributed by atoms with Crippen molar-refractivity contribution in [3.8, 4) is 0 Å². The largest absolute Gasteiger partial charge is 0.392 e. The minimum absolute atomic E-state index is 0.00468. The lowest BCUT2D eigenvalue weighted by Crippen LogP contribution is -2.10. The molecular formula is C8H12N2O. The van der Waals surface area contributed by atoms with Gasteiger partial charge in [0.05, 0.1) is 12.3 Å². The third kappa shape index (κ3) is 1.76. The minimum atomic E-state index is -0.113. The van der Waals surface area contributed by atoms with Crippen molar-refractivity contribution >= 4 is 0 Å². The maximum absolute atomic E-state index is 8.87. The van der Waals surface area contributed by atoms with Crippen LogP contribution in [0.4, 0.5) is 0 Å². The van der Waals surface area contributed by atoms with Crippen LogP contribution < -0.4 is 5.73 Å². The second-order valence-electron chi connectivity index (χ2n) is 2.49. The third-order valence-electron chi connectivity index (χ3n) is 1.53. The zero-order chi connectivity index (χ0) is 8.27. The summed E-state index contributed by atoms with van der Waals surface area (Å²) in [6.45, 7) is 1.85. The first-order valence-electron chi connectivity index (χ1n) is 3.56. The molecule has 0 aliphatic rings. The lowest BCUT2D eigenvalue weighted by Gasteiger charge is -2.07. The molecule has 0 unspecified atom stereocenters. The second kappa shape index (κ2) is 3.46. The smallest absolute Gasteiger partial charge is 0.0700 e. The van der Waals surface area contributed by atoms with Crippen LogP contribution in [0.25, 0.3) is 0 Å². The summed E-state index contributed by atoms with van der Waals surface area (Å²) in [6, 6.07) is 3.50. The van der Waals surface area contributed by atoms with Gasteiger partial charge in [-0.2, -0.15) is 0 Å². The van der Waals surface area contributed by atoms with Crippen LogP contribution in [-0.2, 0) is 6.61 Å². The van der Waals surface area contributed by atoms with Gasteiger partial charge in [-0.3, -0.25) is 4.98 Å². The van der Waals surface area contributed by atoms with E-state index in [2.05, 4.69) is 4.98 Å². The van der Waals surface area contributed by atoms with Gasteiger partial charge in [0.2, 0.25) is 0 Å². The number of hydrogen-bond donors (Lipinski definition) is 2. The van der Waals surface area contributed by atoms with Crippen molar-refractivity contribution < 1.29 is 5.11 Å². The molecule has 0 radical (unpaired) electrons. The molecule has 0 amide bonds. The number of nitrogens with zero attached hydrogens (tertiary/aromatic N) is 1. The molecular weight excluding hydrogens is 140 g/mol. The van der Waals surface area contributed by atoms with Crippen molar-refractivity contribution in [2.75, 3.05) is 0 Å². The van der Waals surface area contributed by atoms with E-state index in [-0.39, 0.29) is 12.6 Å². The molecule has 3 N–H and O–H groups in total. The highest BCUT2D eigenvalue weighted by Crippen LogP contribution is 2.11. The van der Waals surface area contributed by atoms with E-state index in [4.69, 9.17) is 10.8 Å². The van der Waals surface area contributed by atoms with E-state index in [1.807, 2.05) is 13.0 Å². The summed E-state index contributed by atoms with van der Waals surface area (Å²) in [5.74, 6) is 0. The zero-order valence-electron chi connectivity index (χ0n) is 6.49. The van der Waals surface area contributed by atoms with Crippen LogP contribution in [0.5, 0.6) is 0 Å². The van der Waals surface area contributed by atoms with E-state index in [0.29, 0.717) is 0 Å². The van der Waals surface area contributed by atoms with Crippen LogP contribution in [0.3, 0.4) is 0 Å². The maximum atomic E-state index is 8.87. The molecule has 60 valence electrons. The average molecular weight is 152 g/mol. The Morgan fingerprint density at radius 1 is 1.73 bits per heavy atom. The van der Waals surface area contributed by atoms with E-state index >= 15 is 0 Å². The normalized spacial score (nSPS) is 13.0. The van der Waals surface area contributed by atoms with Gasteiger partial charge in [-0.15, -0.1) is 0 Å². The Hall–Kier alpha value is -0.930. The van der Waals surface area contributed by atoms with Crippen molar-refractivity contribution in [1.29, 1.82) is 0 Å². The second-order valence-corrected chi connectivity index (χ2v) is 2.49. The van der Waals surface area contributed by atoms with Gasteiger partial charge in [-0.25, -0.2) is 0 Å². The van der Waals surface area contributed by atoms with Crippen LogP contribution in [0, 0.1) is 0 Å². The number of nitrogens with two attached hydrogens (primary N) is 1. The van der Waals surface area contributed by atoms with Gasteiger partial charge in [0.1, 0.15) is 0 Å². The summed E-state index contributed by atoms with van der Waals surface area (Å²) >= 11 is 0. The van der Waals surface area contributed by atoms with Crippen LogP contribution in [0.2, 0.25) is 0 Å². The molecule has 3 heteroatoms. The molecule has 1 heterocycles. The fraction of sp³-hybridized carbons (Fsp3) is 0.375. The van der Waals surface area contributed by atoms with Crippen molar-refractivity contribution in [3.63, 3.8) is 0 Å². The van der Waals surface area contributed by atoms with Crippen molar-refractivity contribution in [3.05, 3.63) is 29.6 Å². The Balaban J connectivity index is 3.02. The molecule has 1 aromatic heterocycles. The number of aliphatic hydroxyl groups is 1. The molecule has 0 aromatic carbocycles. The van der Waals surface area contributed by atoms with Gasteiger partial charge in [0, 0.05) is 17.8 Å². The lowest BCUT2D eigenvalue weighted by atomic mass is 10.1. The highest BCUT2D eigenvalue weighted by molar-refractivity contribution is 5.20. The van der Waals surface area contributed by atoms with E-state index < -0.39 is 0 Å². The third-order valence-corrected chi connectivity index (χ3v) is 1.53. The minimum Gasteiger partial charge on any atom is -0.392 e. The maximum Gasteiger partial charge on any atom is 0.0700 e. The Morgan fingerprint density at radius 3 is 2.91 bits per heavy atom. The highest BCUT2D eigenvalue weighted by Gasteiger charge is 2.05. The SMILES string of the molecule is C[C@@H](N)c1ncccc1CO. The van der Waals surface area contributed by atoms with E-state index in [1.54, 1.807) is 12.3 Å². The van der Waals surface area contributed by atoms with Crippen molar-refractivity contribution in [1.82, 2.24) is 4.98 Å². The molecule has 0 aliphatic carbocycles. The molecule has 0 fully saturated rings. The number of aliphatic hydroxyl groups excluding tert-OH is 1. The summed E-state index contributed by atoms with van der Waals surface area (Å²) in [6.07, 6.45) is 1.68. The molecule has 0 bridgehead atoms. The molecule has 0 aliphatic heterocycles. The summed E-state index contributed by atoms with van der Waals surface area (Å²) in [7, 11) is 0. The predicted molar refractivity (Wildman–Crippen MR) is 42.8 cm³/mol. The van der Waals surface area contributed by atoms with Crippen LogP contribution >= 0.6 is 0 Å². The van der Waals surface area contributed by atoms with Gasteiger partial charge < -0.3 is 10.8 Å². The Labute approximate surface area is 65.9 Å². The number of pyridine rings is 1. The molecule has 0 saturated carbocycles. The van der Waals surface area contributed by atoms with Crippen molar-refractivity contribution in [2.24, 2.45) is 5.73 Å². The van der Waals surface area contributed by atoms with Gasteiger partial charge in [0.25, 0.3) is 0 Å². The molecule has 3 nitrogen and oxygen atoms in total. The van der Waals surface area contributed by atoms with Crippen LogP contribution in [0.1, 0.15) is 24.2 Å². The van der Waals surface area contributed by atoms with E-state index in [9.17, 15) is 0 Å². The number of aromatic nitrogens is 1. The Morgan fingerprint density at radius 2 is 2.45 bits per heavy atom. The summed E-state index contributed by atoms with van der Waals surface area (Å²) in [5, 5.41) is 8.87. The molecule has 1 atom stereocenters. The van der Waals surface area contributed by atoms with Gasteiger partial charge in [-0.05, 0) is 13.0 Å². The van der Waals surface area contributed by atoms with Crippen LogP contribution in [-0.4, -0.2) is 10.1 Å². The summed E-state index contributed by atoms with van der Waals surface area (Å²) < 4.78 is 0. The van der Waals surface area contributed by atoms with E-state index in [1.165, 1.54) is 0 Å². The quantitative estimate of drug-likeness (QED) is 0.652. The fourth-order valence-corrected chi connectivity index (χ4v) is 0.995. The first-order valence-corrected chi connectivity index (χ1v) is 3.56. The van der Waals surface area contributed by atoms with E-state index in [0.717, 1.165) is 11.3 Å².